The first-order chi connectivity index (χ1) is 11.8. The molecule has 2 heterocycles. The van der Waals surface area contributed by atoms with Crippen molar-refractivity contribution in [3.63, 3.8) is 0 Å². The van der Waals surface area contributed by atoms with Crippen molar-refractivity contribution in [2.75, 3.05) is 18.4 Å². The van der Waals surface area contributed by atoms with Crippen LogP contribution in [0, 0.1) is 6.92 Å². The van der Waals surface area contributed by atoms with Crippen LogP contribution in [0.25, 0.3) is 10.8 Å². The minimum atomic E-state index is 0.506. The smallest absolute Gasteiger partial charge is 0.0426 e. The summed E-state index contributed by atoms with van der Waals surface area (Å²) in [5.74, 6) is 0. The molecule has 0 radical (unpaired) electrons. The van der Waals surface area contributed by atoms with E-state index in [4.69, 9.17) is 0 Å². The number of likely N-dealkylation sites (tertiary alicyclic amines) is 1. The van der Waals surface area contributed by atoms with Gasteiger partial charge in [-0.25, -0.2) is 0 Å². The van der Waals surface area contributed by atoms with Crippen molar-refractivity contribution in [1.29, 1.82) is 0 Å². The van der Waals surface area contributed by atoms with Gasteiger partial charge >= 0.3 is 0 Å². The third kappa shape index (κ3) is 3.13. The monoisotopic (exact) mass is 317 g/mol. The van der Waals surface area contributed by atoms with Gasteiger partial charge < -0.3 is 5.32 Å². The Kier molecular flexibility index (Phi) is 4.18. The van der Waals surface area contributed by atoms with Gasteiger partial charge in [0.25, 0.3) is 0 Å². The number of rotatable bonds is 4. The number of nitrogens with zero attached hydrogens (tertiary/aromatic N) is 2. The van der Waals surface area contributed by atoms with Crippen molar-refractivity contribution in [2.45, 2.75) is 25.9 Å². The molecule has 1 aliphatic rings. The first-order valence-electron chi connectivity index (χ1n) is 8.66. The SMILES string of the molecule is Cc1cncc2cccc(NC3CCN(Cc4ccccc4)C3)c12. The summed E-state index contributed by atoms with van der Waals surface area (Å²) in [4.78, 5) is 6.84. The molecule has 0 aliphatic carbocycles. The predicted molar refractivity (Wildman–Crippen MR) is 100 cm³/mol. The van der Waals surface area contributed by atoms with Crippen molar-refractivity contribution in [3.8, 4) is 0 Å². The molecular weight excluding hydrogens is 294 g/mol. The second-order valence-corrected chi connectivity index (χ2v) is 6.71. The third-order valence-electron chi connectivity index (χ3n) is 4.85. The lowest BCUT2D eigenvalue weighted by Crippen LogP contribution is -2.26. The Balaban J connectivity index is 1.47. The van der Waals surface area contributed by atoms with Crippen LogP contribution in [-0.4, -0.2) is 29.0 Å². The maximum absolute atomic E-state index is 4.31. The minimum Gasteiger partial charge on any atom is -0.380 e. The normalized spacial score (nSPS) is 18.1. The van der Waals surface area contributed by atoms with Crippen LogP contribution in [0.15, 0.2) is 60.9 Å². The quantitative estimate of drug-likeness (QED) is 0.780. The fourth-order valence-electron chi connectivity index (χ4n) is 3.69. The van der Waals surface area contributed by atoms with Gasteiger partial charge in [0, 0.05) is 54.5 Å². The van der Waals surface area contributed by atoms with Gasteiger partial charge in [-0.3, -0.25) is 9.88 Å². The molecule has 2 aromatic carbocycles. The highest BCUT2D eigenvalue weighted by atomic mass is 15.2. The van der Waals surface area contributed by atoms with E-state index in [1.54, 1.807) is 0 Å². The number of aryl methyl sites for hydroxylation is 1. The Morgan fingerprint density at radius 1 is 1.08 bits per heavy atom. The fourth-order valence-corrected chi connectivity index (χ4v) is 3.69. The van der Waals surface area contributed by atoms with E-state index in [-0.39, 0.29) is 0 Å². The molecule has 1 aromatic heterocycles. The van der Waals surface area contributed by atoms with Crippen LogP contribution in [0.5, 0.6) is 0 Å². The van der Waals surface area contributed by atoms with Crippen LogP contribution in [0.4, 0.5) is 5.69 Å². The molecule has 0 amide bonds. The van der Waals surface area contributed by atoms with Crippen LogP contribution < -0.4 is 5.32 Å². The number of aromatic nitrogens is 1. The van der Waals surface area contributed by atoms with Gasteiger partial charge in [0.05, 0.1) is 0 Å². The van der Waals surface area contributed by atoms with Gasteiger partial charge in [0.1, 0.15) is 0 Å². The number of benzene rings is 2. The molecule has 1 saturated heterocycles. The number of fused-ring (bicyclic) bond motifs is 1. The van der Waals surface area contributed by atoms with Crippen molar-refractivity contribution in [1.82, 2.24) is 9.88 Å². The molecule has 122 valence electrons. The second kappa shape index (κ2) is 6.62. The van der Waals surface area contributed by atoms with Crippen LogP contribution in [0.3, 0.4) is 0 Å². The molecule has 0 spiro atoms. The summed E-state index contributed by atoms with van der Waals surface area (Å²) in [5, 5.41) is 6.28. The zero-order valence-corrected chi connectivity index (χ0v) is 14.1. The number of pyridine rings is 1. The maximum Gasteiger partial charge on any atom is 0.0426 e. The molecular formula is C21H23N3. The van der Waals surface area contributed by atoms with Crippen molar-refractivity contribution in [3.05, 3.63) is 72.1 Å². The average molecular weight is 317 g/mol. The van der Waals surface area contributed by atoms with Crippen molar-refractivity contribution >= 4 is 16.5 Å². The number of nitrogens with one attached hydrogen (secondary N) is 1. The molecule has 1 N–H and O–H groups in total. The number of anilines is 1. The lowest BCUT2D eigenvalue weighted by Gasteiger charge is -2.19. The number of hydrogen-bond donors (Lipinski definition) is 1. The minimum absolute atomic E-state index is 0.506. The molecule has 3 aromatic rings. The van der Waals surface area contributed by atoms with Crippen LogP contribution >= 0.6 is 0 Å². The Labute approximate surface area is 143 Å². The van der Waals surface area contributed by atoms with Gasteiger partial charge in [-0.1, -0.05) is 42.5 Å². The molecule has 3 heteroatoms. The maximum atomic E-state index is 4.31. The van der Waals surface area contributed by atoms with Crippen LogP contribution in [0.2, 0.25) is 0 Å². The van der Waals surface area contributed by atoms with Crippen LogP contribution in [-0.2, 0) is 6.54 Å². The molecule has 1 aliphatic heterocycles. The summed E-state index contributed by atoms with van der Waals surface area (Å²) >= 11 is 0. The predicted octanol–water partition coefficient (Wildman–Crippen LogP) is 4.23. The summed E-state index contributed by atoms with van der Waals surface area (Å²) in [6.45, 7) is 5.42. The van der Waals surface area contributed by atoms with E-state index >= 15 is 0 Å². The van der Waals surface area contributed by atoms with E-state index in [1.165, 1.54) is 34.0 Å². The second-order valence-electron chi connectivity index (χ2n) is 6.71. The zero-order chi connectivity index (χ0) is 16.4. The molecule has 4 rings (SSSR count). The molecule has 0 bridgehead atoms. The largest absolute Gasteiger partial charge is 0.380 e. The van der Waals surface area contributed by atoms with E-state index in [1.807, 2.05) is 12.4 Å². The highest BCUT2D eigenvalue weighted by Crippen LogP contribution is 2.27. The van der Waals surface area contributed by atoms with E-state index < -0.39 is 0 Å². The Bertz CT molecular complexity index is 824. The average Bonchev–Trinajstić information content (AvgIpc) is 3.03. The van der Waals surface area contributed by atoms with Gasteiger partial charge in [-0.2, -0.15) is 0 Å². The van der Waals surface area contributed by atoms with Crippen LogP contribution in [0.1, 0.15) is 17.5 Å². The molecule has 24 heavy (non-hydrogen) atoms. The molecule has 1 fully saturated rings. The number of hydrogen-bond acceptors (Lipinski definition) is 3. The lowest BCUT2D eigenvalue weighted by molar-refractivity contribution is 0.328. The Hall–Kier alpha value is -2.39. The van der Waals surface area contributed by atoms with Crippen molar-refractivity contribution in [2.24, 2.45) is 0 Å². The first kappa shape index (κ1) is 15.2. The summed E-state index contributed by atoms with van der Waals surface area (Å²) in [6.07, 6.45) is 5.08. The Morgan fingerprint density at radius 2 is 1.96 bits per heavy atom. The van der Waals surface area contributed by atoms with E-state index in [9.17, 15) is 0 Å². The summed E-state index contributed by atoms with van der Waals surface area (Å²) in [5.41, 5.74) is 3.86. The van der Waals surface area contributed by atoms with E-state index in [0.717, 1.165) is 19.6 Å². The highest BCUT2D eigenvalue weighted by Gasteiger charge is 2.22. The molecule has 1 unspecified atom stereocenters. The van der Waals surface area contributed by atoms with Gasteiger partial charge in [-0.15, -0.1) is 0 Å². The van der Waals surface area contributed by atoms with Gasteiger partial charge in [-0.05, 0) is 30.5 Å². The summed E-state index contributed by atoms with van der Waals surface area (Å²) < 4.78 is 0. The highest BCUT2D eigenvalue weighted by molar-refractivity contribution is 5.95. The topological polar surface area (TPSA) is 28.2 Å². The summed E-state index contributed by atoms with van der Waals surface area (Å²) in [6, 6.07) is 17.7. The lowest BCUT2D eigenvalue weighted by atomic mass is 10.1. The third-order valence-corrected chi connectivity index (χ3v) is 4.85. The summed E-state index contributed by atoms with van der Waals surface area (Å²) in [7, 11) is 0. The fraction of sp³-hybridized carbons (Fsp3) is 0.286. The molecule has 0 saturated carbocycles. The Morgan fingerprint density at radius 3 is 2.83 bits per heavy atom. The van der Waals surface area contributed by atoms with E-state index in [2.05, 4.69) is 70.7 Å². The van der Waals surface area contributed by atoms with Crippen molar-refractivity contribution < 1.29 is 0 Å². The zero-order valence-electron chi connectivity index (χ0n) is 14.1. The van der Waals surface area contributed by atoms with Gasteiger partial charge in [0.15, 0.2) is 0 Å². The molecule has 1 atom stereocenters. The first-order valence-corrected chi connectivity index (χ1v) is 8.66. The van der Waals surface area contributed by atoms with Gasteiger partial charge in [0.2, 0.25) is 0 Å². The standard InChI is InChI=1S/C21H23N3/c1-16-12-22-13-18-8-5-9-20(21(16)18)23-19-10-11-24(15-19)14-17-6-3-2-4-7-17/h2-9,12-13,19,23H,10-11,14-15H2,1H3. The molecule has 3 nitrogen and oxygen atoms in total. The van der Waals surface area contributed by atoms with E-state index in [0.29, 0.717) is 6.04 Å².